The van der Waals surface area contributed by atoms with Gasteiger partial charge in [0.15, 0.2) is 0 Å². The standard InChI is InChI=1S/C25H27ClN4O2S/c26-23-16-21(15-22(17-23)18-28-10-9-27-19-28)2-1-20-3-5-24(6-4-20)29-11-13-30(14-12-29)33(31,32)25-7-8-25/h1-6,9-10,15-17,19,25H,7-8,11-14,18H2. The lowest BCUT2D eigenvalue weighted by molar-refractivity contribution is 0.384. The fourth-order valence-corrected chi connectivity index (χ4v) is 6.31. The molecule has 0 bridgehead atoms. The molecule has 1 aliphatic heterocycles. The zero-order chi connectivity index (χ0) is 22.8. The van der Waals surface area contributed by atoms with Crippen molar-refractivity contribution in [2.45, 2.75) is 24.6 Å². The first-order valence-electron chi connectivity index (χ1n) is 11.2. The molecule has 0 spiro atoms. The molecule has 3 aromatic rings. The van der Waals surface area contributed by atoms with Crippen molar-refractivity contribution >= 4 is 39.5 Å². The molecule has 0 amide bonds. The van der Waals surface area contributed by atoms with E-state index in [0.29, 0.717) is 18.1 Å². The van der Waals surface area contributed by atoms with Crippen molar-refractivity contribution in [2.75, 3.05) is 31.1 Å². The summed E-state index contributed by atoms with van der Waals surface area (Å²) in [6.07, 6.45) is 11.3. The minimum Gasteiger partial charge on any atom is -0.369 e. The van der Waals surface area contributed by atoms with Gasteiger partial charge in [-0.25, -0.2) is 13.4 Å². The zero-order valence-corrected chi connectivity index (χ0v) is 19.9. The van der Waals surface area contributed by atoms with Crippen LogP contribution in [0.3, 0.4) is 0 Å². The van der Waals surface area contributed by atoms with Crippen molar-refractivity contribution in [2.24, 2.45) is 0 Å². The predicted octanol–water partition coefficient (Wildman–Crippen LogP) is 4.37. The monoisotopic (exact) mass is 482 g/mol. The first-order valence-corrected chi connectivity index (χ1v) is 13.1. The predicted molar refractivity (Wildman–Crippen MR) is 134 cm³/mol. The van der Waals surface area contributed by atoms with Crippen LogP contribution >= 0.6 is 11.6 Å². The maximum absolute atomic E-state index is 12.4. The molecular formula is C25H27ClN4O2S. The average molecular weight is 483 g/mol. The van der Waals surface area contributed by atoms with Gasteiger partial charge in [0.2, 0.25) is 10.0 Å². The summed E-state index contributed by atoms with van der Waals surface area (Å²) in [5.41, 5.74) is 4.40. The topological polar surface area (TPSA) is 58.4 Å². The van der Waals surface area contributed by atoms with Crippen LogP contribution in [0.1, 0.15) is 29.5 Å². The van der Waals surface area contributed by atoms with Crippen LogP contribution in [-0.4, -0.2) is 53.7 Å². The lowest BCUT2D eigenvalue weighted by atomic mass is 10.1. The van der Waals surface area contributed by atoms with Crippen LogP contribution in [0, 0.1) is 0 Å². The zero-order valence-electron chi connectivity index (χ0n) is 18.3. The highest BCUT2D eigenvalue weighted by molar-refractivity contribution is 7.90. The Bertz CT molecular complexity index is 1230. The van der Waals surface area contributed by atoms with E-state index in [1.54, 1.807) is 16.8 Å². The average Bonchev–Trinajstić information content (AvgIpc) is 3.57. The third kappa shape index (κ3) is 5.32. The van der Waals surface area contributed by atoms with Crippen molar-refractivity contribution < 1.29 is 8.42 Å². The molecule has 0 unspecified atom stereocenters. The van der Waals surface area contributed by atoms with Gasteiger partial charge in [0.05, 0.1) is 11.6 Å². The van der Waals surface area contributed by atoms with Gasteiger partial charge in [0.1, 0.15) is 0 Å². The largest absolute Gasteiger partial charge is 0.369 e. The summed E-state index contributed by atoms with van der Waals surface area (Å²) >= 11 is 6.33. The Morgan fingerprint density at radius 2 is 1.70 bits per heavy atom. The molecule has 2 aliphatic rings. The molecule has 1 aromatic heterocycles. The molecule has 5 rings (SSSR count). The van der Waals surface area contributed by atoms with E-state index in [1.807, 2.05) is 22.9 Å². The van der Waals surface area contributed by atoms with Gasteiger partial charge in [-0.2, -0.15) is 4.31 Å². The van der Waals surface area contributed by atoms with E-state index in [-0.39, 0.29) is 5.25 Å². The summed E-state index contributed by atoms with van der Waals surface area (Å²) < 4.78 is 28.6. The molecule has 0 N–H and O–H groups in total. The smallest absolute Gasteiger partial charge is 0.217 e. The first-order chi connectivity index (χ1) is 16.0. The number of nitrogens with zero attached hydrogens (tertiary/aromatic N) is 4. The molecule has 1 saturated heterocycles. The van der Waals surface area contributed by atoms with Crippen molar-refractivity contribution in [1.29, 1.82) is 0 Å². The van der Waals surface area contributed by atoms with Gasteiger partial charge in [-0.15, -0.1) is 0 Å². The number of imidazole rings is 1. The number of piperazine rings is 1. The molecule has 2 fully saturated rings. The Kier molecular flexibility index (Phi) is 6.27. The summed E-state index contributed by atoms with van der Waals surface area (Å²) in [6, 6.07) is 14.5. The van der Waals surface area contributed by atoms with Crippen LogP contribution < -0.4 is 4.90 Å². The number of anilines is 1. The van der Waals surface area contributed by atoms with Crippen LogP contribution in [0.2, 0.25) is 5.02 Å². The second-order valence-electron chi connectivity index (χ2n) is 8.68. The number of rotatable bonds is 7. The van der Waals surface area contributed by atoms with E-state index in [9.17, 15) is 8.42 Å². The van der Waals surface area contributed by atoms with Crippen molar-refractivity contribution in [3.63, 3.8) is 0 Å². The molecule has 172 valence electrons. The van der Waals surface area contributed by atoms with Crippen molar-refractivity contribution in [3.8, 4) is 0 Å². The lowest BCUT2D eigenvalue weighted by Crippen LogP contribution is -2.49. The van der Waals surface area contributed by atoms with E-state index in [0.717, 1.165) is 54.9 Å². The van der Waals surface area contributed by atoms with Gasteiger partial charge in [-0.05, 0) is 59.9 Å². The summed E-state index contributed by atoms with van der Waals surface area (Å²) in [4.78, 5) is 6.34. The molecule has 6 nitrogen and oxygen atoms in total. The van der Waals surface area contributed by atoms with E-state index >= 15 is 0 Å². The maximum Gasteiger partial charge on any atom is 0.217 e. The van der Waals surface area contributed by atoms with Gasteiger partial charge < -0.3 is 9.47 Å². The molecule has 0 atom stereocenters. The van der Waals surface area contributed by atoms with Crippen LogP contribution in [0.4, 0.5) is 5.69 Å². The molecule has 1 saturated carbocycles. The number of halogens is 1. The molecular weight excluding hydrogens is 456 g/mol. The van der Waals surface area contributed by atoms with Crippen molar-refractivity contribution in [1.82, 2.24) is 13.9 Å². The van der Waals surface area contributed by atoms with Crippen LogP contribution in [0.15, 0.2) is 61.2 Å². The third-order valence-electron chi connectivity index (χ3n) is 6.17. The quantitative estimate of drug-likeness (QED) is 0.469. The Morgan fingerprint density at radius 1 is 0.970 bits per heavy atom. The lowest BCUT2D eigenvalue weighted by Gasteiger charge is -2.35. The van der Waals surface area contributed by atoms with Gasteiger partial charge in [-0.1, -0.05) is 35.9 Å². The molecule has 2 aromatic carbocycles. The molecule has 1 aliphatic carbocycles. The fourth-order valence-electron chi connectivity index (χ4n) is 4.22. The Hall–Kier alpha value is -2.61. The number of hydrogen-bond acceptors (Lipinski definition) is 4. The third-order valence-corrected chi connectivity index (χ3v) is 8.79. The summed E-state index contributed by atoms with van der Waals surface area (Å²) in [6.45, 7) is 3.31. The Morgan fingerprint density at radius 3 is 2.36 bits per heavy atom. The summed E-state index contributed by atoms with van der Waals surface area (Å²) in [5.74, 6) is 0. The molecule has 33 heavy (non-hydrogen) atoms. The summed E-state index contributed by atoms with van der Waals surface area (Å²) in [5, 5.41) is 0.585. The van der Waals surface area contributed by atoms with Crippen LogP contribution in [0.25, 0.3) is 12.2 Å². The minimum atomic E-state index is -3.07. The number of benzene rings is 2. The van der Waals surface area contributed by atoms with Gasteiger partial charge in [0.25, 0.3) is 0 Å². The Labute approximate surface area is 200 Å². The first kappa shape index (κ1) is 22.2. The molecule has 2 heterocycles. The maximum atomic E-state index is 12.4. The van der Waals surface area contributed by atoms with Gasteiger partial charge >= 0.3 is 0 Å². The second kappa shape index (κ2) is 9.33. The van der Waals surface area contributed by atoms with Crippen LogP contribution in [-0.2, 0) is 16.6 Å². The molecule has 0 radical (unpaired) electrons. The van der Waals surface area contributed by atoms with E-state index in [1.165, 1.54) is 0 Å². The summed E-state index contributed by atoms with van der Waals surface area (Å²) in [7, 11) is -3.07. The number of hydrogen-bond donors (Lipinski definition) is 0. The number of sulfonamides is 1. The van der Waals surface area contributed by atoms with Crippen molar-refractivity contribution in [3.05, 3.63) is 82.9 Å². The van der Waals surface area contributed by atoms with Gasteiger partial charge in [0, 0.05) is 55.8 Å². The highest BCUT2D eigenvalue weighted by atomic mass is 35.5. The minimum absolute atomic E-state index is 0.128. The Balaban J connectivity index is 1.21. The van der Waals surface area contributed by atoms with E-state index in [4.69, 9.17) is 11.6 Å². The normalized spacial score (nSPS) is 17.7. The highest BCUT2D eigenvalue weighted by Crippen LogP contribution is 2.32. The molecule has 8 heteroatoms. The van der Waals surface area contributed by atoms with E-state index < -0.39 is 10.0 Å². The van der Waals surface area contributed by atoms with Gasteiger partial charge in [-0.3, -0.25) is 0 Å². The highest BCUT2D eigenvalue weighted by Gasteiger charge is 2.40. The van der Waals surface area contributed by atoms with Crippen LogP contribution in [0.5, 0.6) is 0 Å². The SMILES string of the molecule is O=S(=O)(C1CC1)N1CCN(c2ccc(C=Cc3cc(Cl)cc(Cn4ccnc4)c3)cc2)CC1. The fraction of sp³-hybridized carbons (Fsp3) is 0.320. The van der Waals surface area contributed by atoms with E-state index in [2.05, 4.69) is 52.4 Å². The number of aromatic nitrogens is 2. The second-order valence-corrected chi connectivity index (χ2v) is 11.3.